The predicted octanol–water partition coefficient (Wildman–Crippen LogP) is 3.91. The van der Waals surface area contributed by atoms with Gasteiger partial charge in [0.2, 0.25) is 0 Å². The van der Waals surface area contributed by atoms with Crippen molar-refractivity contribution in [3.8, 4) is 0 Å². The Morgan fingerprint density at radius 2 is 1.67 bits per heavy atom. The molecule has 0 bridgehead atoms. The van der Waals surface area contributed by atoms with Crippen LogP contribution in [0.5, 0.6) is 0 Å². The molecule has 0 aliphatic heterocycles. The van der Waals surface area contributed by atoms with Crippen LogP contribution in [0.2, 0.25) is 0 Å². The molecule has 0 heterocycles. The molecule has 2 heteroatoms. The lowest BCUT2D eigenvalue weighted by Crippen LogP contribution is -2.41. The van der Waals surface area contributed by atoms with Crippen molar-refractivity contribution in [3.63, 3.8) is 0 Å². The number of unbranched alkanes of at least 4 members (excludes halogenated alkanes) is 2. The number of hydrogen-bond donors (Lipinski definition) is 1. The van der Waals surface area contributed by atoms with E-state index < -0.39 is 0 Å². The van der Waals surface area contributed by atoms with Crippen LogP contribution in [0.15, 0.2) is 0 Å². The van der Waals surface area contributed by atoms with Crippen LogP contribution in [0.1, 0.15) is 67.2 Å². The van der Waals surface area contributed by atoms with Crippen LogP contribution >= 0.6 is 0 Å². The topological polar surface area (TPSA) is 15.3 Å². The van der Waals surface area contributed by atoms with Gasteiger partial charge in [0.15, 0.2) is 0 Å². The van der Waals surface area contributed by atoms with E-state index in [2.05, 4.69) is 51.8 Å². The number of nitrogens with one attached hydrogen (secondary N) is 1. The molecule has 0 saturated carbocycles. The average Bonchev–Trinajstić information content (AvgIpc) is 2.27. The molecule has 0 fully saturated rings. The maximum Gasteiger partial charge on any atom is 0.0110 e. The van der Waals surface area contributed by atoms with Crippen LogP contribution in [0, 0.1) is 5.92 Å². The third kappa shape index (κ3) is 9.90. The highest BCUT2D eigenvalue weighted by Gasteiger charge is 2.11. The summed E-state index contributed by atoms with van der Waals surface area (Å²) < 4.78 is 0. The third-order valence-electron chi connectivity index (χ3n) is 3.46. The molecule has 0 aliphatic carbocycles. The van der Waals surface area contributed by atoms with E-state index in [-0.39, 0.29) is 0 Å². The zero-order valence-electron chi connectivity index (χ0n) is 13.6. The van der Waals surface area contributed by atoms with E-state index in [1.165, 1.54) is 38.8 Å². The maximum absolute atomic E-state index is 3.66. The minimum absolute atomic E-state index is 0.657. The molecule has 110 valence electrons. The van der Waals surface area contributed by atoms with Crippen LogP contribution in [-0.2, 0) is 0 Å². The Morgan fingerprint density at radius 3 is 2.17 bits per heavy atom. The molecule has 1 unspecified atom stereocenters. The van der Waals surface area contributed by atoms with Crippen LogP contribution in [-0.4, -0.2) is 36.6 Å². The minimum Gasteiger partial charge on any atom is -0.313 e. The first-order valence-corrected chi connectivity index (χ1v) is 7.94. The molecule has 0 saturated heterocycles. The highest BCUT2D eigenvalue weighted by atomic mass is 15.2. The lowest BCUT2D eigenvalue weighted by atomic mass is 10.1. The largest absolute Gasteiger partial charge is 0.313 e. The van der Waals surface area contributed by atoms with Crippen molar-refractivity contribution in [2.24, 2.45) is 5.92 Å². The maximum atomic E-state index is 3.66. The SMILES string of the molecule is CCCCCC(C)NCCN(CC(C)C)C(C)C. The molecule has 0 amide bonds. The molecule has 1 N–H and O–H groups in total. The number of nitrogens with zero attached hydrogens (tertiary/aromatic N) is 1. The molecule has 2 nitrogen and oxygen atoms in total. The molecular formula is C16H36N2. The molecule has 0 aliphatic rings. The fourth-order valence-corrected chi connectivity index (χ4v) is 2.29. The van der Waals surface area contributed by atoms with Crippen molar-refractivity contribution < 1.29 is 0 Å². The van der Waals surface area contributed by atoms with Crippen LogP contribution < -0.4 is 5.32 Å². The van der Waals surface area contributed by atoms with Crippen LogP contribution in [0.3, 0.4) is 0 Å². The average molecular weight is 256 g/mol. The van der Waals surface area contributed by atoms with Crippen molar-refractivity contribution >= 4 is 0 Å². The zero-order valence-corrected chi connectivity index (χ0v) is 13.6. The Hall–Kier alpha value is -0.0800. The summed E-state index contributed by atoms with van der Waals surface area (Å²) in [6, 6.07) is 1.33. The molecular weight excluding hydrogens is 220 g/mol. The van der Waals surface area contributed by atoms with Crippen LogP contribution in [0.25, 0.3) is 0 Å². The van der Waals surface area contributed by atoms with Gasteiger partial charge in [-0.1, -0.05) is 40.0 Å². The first-order valence-electron chi connectivity index (χ1n) is 7.94. The highest BCUT2D eigenvalue weighted by Crippen LogP contribution is 2.05. The second-order valence-electron chi connectivity index (χ2n) is 6.33. The van der Waals surface area contributed by atoms with Crippen LogP contribution in [0.4, 0.5) is 0 Å². The van der Waals surface area contributed by atoms with Crippen molar-refractivity contribution in [3.05, 3.63) is 0 Å². The Morgan fingerprint density at radius 1 is 1.00 bits per heavy atom. The van der Waals surface area contributed by atoms with Gasteiger partial charge in [0, 0.05) is 31.7 Å². The monoisotopic (exact) mass is 256 g/mol. The lowest BCUT2D eigenvalue weighted by Gasteiger charge is -2.29. The molecule has 0 aromatic carbocycles. The smallest absolute Gasteiger partial charge is 0.0110 e. The lowest BCUT2D eigenvalue weighted by molar-refractivity contribution is 0.196. The quantitative estimate of drug-likeness (QED) is 0.564. The van der Waals surface area contributed by atoms with E-state index in [1.54, 1.807) is 0 Å². The van der Waals surface area contributed by atoms with Crippen molar-refractivity contribution in [2.75, 3.05) is 19.6 Å². The molecule has 0 spiro atoms. The van der Waals surface area contributed by atoms with Crippen molar-refractivity contribution in [1.29, 1.82) is 0 Å². The van der Waals surface area contributed by atoms with E-state index in [4.69, 9.17) is 0 Å². The Bertz CT molecular complexity index is 178. The molecule has 0 radical (unpaired) electrons. The first-order chi connectivity index (χ1) is 8.47. The van der Waals surface area contributed by atoms with Gasteiger partial charge in [-0.2, -0.15) is 0 Å². The van der Waals surface area contributed by atoms with Gasteiger partial charge in [0.05, 0.1) is 0 Å². The Kier molecular flexibility index (Phi) is 10.8. The fraction of sp³-hybridized carbons (Fsp3) is 1.00. The molecule has 0 aromatic rings. The summed E-state index contributed by atoms with van der Waals surface area (Å²) in [4.78, 5) is 2.58. The van der Waals surface area contributed by atoms with Crippen molar-refractivity contribution in [1.82, 2.24) is 10.2 Å². The normalized spacial score (nSPS) is 13.8. The Balaban J connectivity index is 3.71. The van der Waals surface area contributed by atoms with Gasteiger partial charge < -0.3 is 5.32 Å². The van der Waals surface area contributed by atoms with Gasteiger partial charge in [-0.3, -0.25) is 4.90 Å². The third-order valence-corrected chi connectivity index (χ3v) is 3.46. The van der Waals surface area contributed by atoms with Gasteiger partial charge in [-0.25, -0.2) is 0 Å². The van der Waals surface area contributed by atoms with Gasteiger partial charge in [0.1, 0.15) is 0 Å². The summed E-state index contributed by atoms with van der Waals surface area (Å²) >= 11 is 0. The molecule has 18 heavy (non-hydrogen) atoms. The van der Waals surface area contributed by atoms with E-state index in [0.717, 1.165) is 12.5 Å². The summed E-state index contributed by atoms with van der Waals surface area (Å²) in [5, 5.41) is 3.66. The summed E-state index contributed by atoms with van der Waals surface area (Å²) in [5.41, 5.74) is 0. The minimum atomic E-state index is 0.657. The van der Waals surface area contributed by atoms with E-state index >= 15 is 0 Å². The Labute approximate surface area is 116 Å². The van der Waals surface area contributed by atoms with Crippen molar-refractivity contribution in [2.45, 2.75) is 79.3 Å². The number of rotatable bonds is 11. The zero-order chi connectivity index (χ0) is 14.0. The van der Waals surface area contributed by atoms with Gasteiger partial charge in [-0.15, -0.1) is 0 Å². The summed E-state index contributed by atoms with van der Waals surface area (Å²) in [6.07, 6.45) is 5.38. The fourth-order valence-electron chi connectivity index (χ4n) is 2.29. The van der Waals surface area contributed by atoms with Gasteiger partial charge in [0.25, 0.3) is 0 Å². The number of hydrogen-bond acceptors (Lipinski definition) is 2. The second kappa shape index (κ2) is 10.8. The first kappa shape index (κ1) is 17.9. The van der Waals surface area contributed by atoms with E-state index in [1.807, 2.05) is 0 Å². The summed E-state index contributed by atoms with van der Waals surface area (Å²) in [6.45, 7) is 17.3. The molecule has 1 atom stereocenters. The predicted molar refractivity (Wildman–Crippen MR) is 83.2 cm³/mol. The van der Waals surface area contributed by atoms with Gasteiger partial charge >= 0.3 is 0 Å². The molecule has 0 aromatic heterocycles. The standard InChI is InChI=1S/C16H36N2/c1-7-8-9-10-16(6)17-11-12-18(15(4)5)13-14(2)3/h14-17H,7-13H2,1-6H3. The van der Waals surface area contributed by atoms with Gasteiger partial charge in [-0.05, 0) is 33.1 Å². The molecule has 0 rings (SSSR count). The van der Waals surface area contributed by atoms with E-state index in [0.29, 0.717) is 12.1 Å². The summed E-state index contributed by atoms with van der Waals surface area (Å²) in [7, 11) is 0. The highest BCUT2D eigenvalue weighted by molar-refractivity contribution is 4.68. The second-order valence-corrected chi connectivity index (χ2v) is 6.33. The van der Waals surface area contributed by atoms with E-state index in [9.17, 15) is 0 Å². The summed E-state index contributed by atoms with van der Waals surface area (Å²) in [5.74, 6) is 0.759.